The summed E-state index contributed by atoms with van der Waals surface area (Å²) in [6.07, 6.45) is 0. The number of nitrogens with zero attached hydrogens (tertiary/aromatic N) is 2. The number of benzene rings is 1. The Bertz CT molecular complexity index is 531. The Hall–Kier alpha value is -2.04. The number of aryl methyl sites for hydroxylation is 1. The second kappa shape index (κ2) is 3.27. The molecule has 0 fully saturated rings. The summed E-state index contributed by atoms with van der Waals surface area (Å²) < 4.78 is 6.27. The highest BCUT2D eigenvalue weighted by atomic mass is 16.5. The van der Waals surface area contributed by atoms with Crippen LogP contribution in [0.3, 0.4) is 0 Å². The summed E-state index contributed by atoms with van der Waals surface area (Å²) in [5, 5.41) is 4.82. The molecule has 1 aromatic carbocycles. The minimum Gasteiger partial charge on any atom is -0.465 e. The van der Waals surface area contributed by atoms with Gasteiger partial charge in [0, 0.05) is 12.4 Å². The van der Waals surface area contributed by atoms with Crippen LogP contribution in [0.25, 0.3) is 10.9 Å². The van der Waals surface area contributed by atoms with Crippen LogP contribution in [0.1, 0.15) is 10.4 Å². The first-order valence-corrected chi connectivity index (χ1v) is 4.44. The summed E-state index contributed by atoms with van der Waals surface area (Å²) in [6.45, 7) is 0. The molecule has 0 atom stereocenters. The standard InChI is InChI=1S/C10H11N3O2/c1-13-8-6(9(11)12-13)4-3-5-7(8)10(14)15-2/h3-5H,1-2H3,(H2,11,12). The first-order valence-electron chi connectivity index (χ1n) is 4.44. The molecule has 0 radical (unpaired) electrons. The van der Waals surface area contributed by atoms with Crippen LogP contribution in [0.4, 0.5) is 5.82 Å². The van der Waals surface area contributed by atoms with E-state index in [4.69, 9.17) is 5.73 Å². The topological polar surface area (TPSA) is 70.1 Å². The Morgan fingerprint density at radius 1 is 1.53 bits per heavy atom. The van der Waals surface area contributed by atoms with Crippen LogP contribution in [0.15, 0.2) is 18.2 Å². The Morgan fingerprint density at radius 3 is 2.93 bits per heavy atom. The molecule has 2 aromatic rings. The number of methoxy groups -OCH3 is 1. The van der Waals surface area contributed by atoms with Crippen LogP contribution in [-0.4, -0.2) is 22.9 Å². The zero-order chi connectivity index (χ0) is 11.0. The molecule has 2 N–H and O–H groups in total. The molecule has 1 heterocycles. The lowest BCUT2D eigenvalue weighted by Gasteiger charge is -2.02. The van der Waals surface area contributed by atoms with E-state index in [-0.39, 0.29) is 5.97 Å². The van der Waals surface area contributed by atoms with Crippen molar-refractivity contribution in [2.45, 2.75) is 0 Å². The van der Waals surface area contributed by atoms with Crippen molar-refractivity contribution < 1.29 is 9.53 Å². The van der Waals surface area contributed by atoms with Gasteiger partial charge in [0.2, 0.25) is 0 Å². The number of hydrogen-bond acceptors (Lipinski definition) is 4. The molecule has 2 rings (SSSR count). The van der Waals surface area contributed by atoms with Crippen molar-refractivity contribution in [1.82, 2.24) is 9.78 Å². The highest BCUT2D eigenvalue weighted by Gasteiger charge is 2.15. The van der Waals surface area contributed by atoms with Crippen LogP contribution in [-0.2, 0) is 11.8 Å². The van der Waals surface area contributed by atoms with E-state index in [0.29, 0.717) is 16.9 Å². The van der Waals surface area contributed by atoms with Crippen molar-refractivity contribution in [3.05, 3.63) is 23.8 Å². The lowest BCUT2D eigenvalue weighted by atomic mass is 10.1. The van der Waals surface area contributed by atoms with Gasteiger partial charge in [-0.1, -0.05) is 6.07 Å². The maximum Gasteiger partial charge on any atom is 0.340 e. The van der Waals surface area contributed by atoms with Crippen LogP contribution < -0.4 is 5.73 Å². The molecule has 0 aliphatic rings. The van der Waals surface area contributed by atoms with Crippen LogP contribution in [0.5, 0.6) is 0 Å². The van der Waals surface area contributed by atoms with Gasteiger partial charge in [0.25, 0.3) is 0 Å². The van der Waals surface area contributed by atoms with Crippen molar-refractivity contribution >= 4 is 22.7 Å². The third-order valence-electron chi connectivity index (χ3n) is 2.30. The highest BCUT2D eigenvalue weighted by molar-refractivity contribution is 6.05. The fourth-order valence-electron chi connectivity index (χ4n) is 1.64. The zero-order valence-corrected chi connectivity index (χ0v) is 8.52. The number of nitrogen functional groups attached to an aromatic ring is 1. The average Bonchev–Trinajstić information content (AvgIpc) is 2.54. The van der Waals surface area contributed by atoms with Gasteiger partial charge in [0.1, 0.15) is 0 Å². The zero-order valence-electron chi connectivity index (χ0n) is 8.52. The Morgan fingerprint density at radius 2 is 2.27 bits per heavy atom. The lowest BCUT2D eigenvalue weighted by Crippen LogP contribution is -2.04. The molecular weight excluding hydrogens is 194 g/mol. The largest absolute Gasteiger partial charge is 0.465 e. The number of esters is 1. The molecule has 78 valence electrons. The van der Waals surface area contributed by atoms with Gasteiger partial charge in [-0.3, -0.25) is 4.68 Å². The Kier molecular flexibility index (Phi) is 2.07. The number of hydrogen-bond donors (Lipinski definition) is 1. The first-order chi connectivity index (χ1) is 7.15. The van der Waals surface area contributed by atoms with Crippen molar-refractivity contribution in [2.24, 2.45) is 7.05 Å². The van der Waals surface area contributed by atoms with E-state index in [1.807, 2.05) is 6.07 Å². The molecule has 5 nitrogen and oxygen atoms in total. The molecule has 1 aromatic heterocycles. The highest BCUT2D eigenvalue weighted by Crippen LogP contribution is 2.23. The number of carbonyl (C=O) groups excluding carboxylic acids is 1. The maximum absolute atomic E-state index is 11.5. The molecule has 15 heavy (non-hydrogen) atoms. The van der Waals surface area contributed by atoms with Crippen molar-refractivity contribution in [3.8, 4) is 0 Å². The number of anilines is 1. The van der Waals surface area contributed by atoms with Gasteiger partial charge in [-0.25, -0.2) is 4.79 Å². The number of para-hydroxylation sites is 1. The summed E-state index contributed by atoms with van der Waals surface area (Å²) >= 11 is 0. The number of aromatic nitrogens is 2. The van der Waals surface area contributed by atoms with Crippen molar-refractivity contribution in [1.29, 1.82) is 0 Å². The van der Waals surface area contributed by atoms with E-state index >= 15 is 0 Å². The van der Waals surface area contributed by atoms with E-state index < -0.39 is 0 Å². The van der Waals surface area contributed by atoms with Gasteiger partial charge in [-0.05, 0) is 12.1 Å². The summed E-state index contributed by atoms with van der Waals surface area (Å²) in [6, 6.07) is 5.27. The molecular formula is C10H11N3O2. The van der Waals surface area contributed by atoms with Crippen LogP contribution in [0.2, 0.25) is 0 Å². The van der Waals surface area contributed by atoms with Gasteiger partial charge >= 0.3 is 5.97 Å². The van der Waals surface area contributed by atoms with E-state index in [9.17, 15) is 4.79 Å². The SMILES string of the molecule is COC(=O)c1cccc2c(N)nn(C)c12. The van der Waals surface area contributed by atoms with E-state index in [1.165, 1.54) is 7.11 Å². The van der Waals surface area contributed by atoms with Gasteiger partial charge in [0.15, 0.2) is 5.82 Å². The first kappa shape index (κ1) is 9.51. The van der Waals surface area contributed by atoms with Crippen molar-refractivity contribution in [3.63, 3.8) is 0 Å². The number of rotatable bonds is 1. The average molecular weight is 205 g/mol. The number of carbonyl (C=O) groups is 1. The van der Waals surface area contributed by atoms with E-state index in [2.05, 4.69) is 9.84 Å². The molecule has 0 bridgehead atoms. The monoisotopic (exact) mass is 205 g/mol. The minimum atomic E-state index is -0.386. The molecule has 0 unspecified atom stereocenters. The molecule has 0 aliphatic carbocycles. The summed E-state index contributed by atoms with van der Waals surface area (Å²) in [4.78, 5) is 11.5. The fraction of sp³-hybridized carbons (Fsp3) is 0.200. The molecule has 5 heteroatoms. The summed E-state index contributed by atoms with van der Waals surface area (Å²) in [7, 11) is 3.09. The van der Waals surface area contributed by atoms with Gasteiger partial charge in [-0.2, -0.15) is 5.10 Å². The maximum atomic E-state index is 11.5. The Labute approximate surface area is 86.4 Å². The van der Waals surface area contributed by atoms with E-state index in [0.717, 1.165) is 5.39 Å². The molecule has 0 aliphatic heterocycles. The molecule has 0 saturated heterocycles. The summed E-state index contributed by atoms with van der Waals surface area (Å²) in [5.74, 6) is 0.0295. The number of nitrogens with two attached hydrogens (primary N) is 1. The minimum absolute atomic E-state index is 0.386. The van der Waals surface area contributed by atoms with Gasteiger partial charge in [-0.15, -0.1) is 0 Å². The molecule has 0 spiro atoms. The third kappa shape index (κ3) is 1.32. The molecule has 0 saturated carbocycles. The van der Waals surface area contributed by atoms with E-state index in [1.54, 1.807) is 23.9 Å². The van der Waals surface area contributed by atoms with Crippen LogP contribution in [0, 0.1) is 0 Å². The molecule has 0 amide bonds. The second-order valence-electron chi connectivity index (χ2n) is 3.20. The second-order valence-corrected chi connectivity index (χ2v) is 3.20. The quantitative estimate of drug-likeness (QED) is 0.703. The smallest absolute Gasteiger partial charge is 0.340 e. The predicted octanol–water partition coefficient (Wildman–Crippen LogP) is 0.942. The number of ether oxygens (including phenoxy) is 1. The number of fused-ring (bicyclic) bond motifs is 1. The predicted molar refractivity (Wildman–Crippen MR) is 56.5 cm³/mol. The third-order valence-corrected chi connectivity index (χ3v) is 2.30. The Balaban J connectivity index is 2.80. The normalized spacial score (nSPS) is 10.5. The van der Waals surface area contributed by atoms with Gasteiger partial charge < -0.3 is 10.5 Å². The summed E-state index contributed by atoms with van der Waals surface area (Å²) in [5.41, 5.74) is 6.87. The van der Waals surface area contributed by atoms with Gasteiger partial charge in [0.05, 0.1) is 18.2 Å². The van der Waals surface area contributed by atoms with Crippen molar-refractivity contribution in [2.75, 3.05) is 12.8 Å². The lowest BCUT2D eigenvalue weighted by molar-refractivity contribution is 0.0602. The van der Waals surface area contributed by atoms with Crippen LogP contribution >= 0.6 is 0 Å². The fourth-order valence-corrected chi connectivity index (χ4v) is 1.64.